The number of benzene rings is 4. The lowest BCUT2D eigenvalue weighted by atomic mass is 9.98. The fourth-order valence-electron chi connectivity index (χ4n) is 8.50. The Morgan fingerprint density at radius 1 is 0.466 bits per heavy atom. The molecule has 0 aliphatic rings. The van der Waals surface area contributed by atoms with Gasteiger partial charge in [-0.3, -0.25) is 28.8 Å². The van der Waals surface area contributed by atoms with Gasteiger partial charge in [0.05, 0.1) is 0 Å². The summed E-state index contributed by atoms with van der Waals surface area (Å²) in [7, 11) is 0. The van der Waals surface area contributed by atoms with Crippen LogP contribution in [0.5, 0.6) is 0 Å². The minimum absolute atomic E-state index is 0.000336. The van der Waals surface area contributed by atoms with Crippen LogP contribution >= 0.6 is 0 Å². The predicted molar refractivity (Wildman–Crippen MR) is 283 cm³/mol. The second-order valence-corrected chi connectivity index (χ2v) is 19.6. The summed E-state index contributed by atoms with van der Waals surface area (Å²) in [5, 5.41) is 27.1. The van der Waals surface area contributed by atoms with Crippen LogP contribution in [0.3, 0.4) is 0 Å². The third-order valence-corrected chi connectivity index (χ3v) is 12.5. The Labute approximate surface area is 431 Å². The fraction of sp³-hybridized carbons (Fsp3) is 0.456. The van der Waals surface area contributed by atoms with Crippen LogP contribution in [0.4, 0.5) is 0 Å². The second-order valence-electron chi connectivity index (χ2n) is 19.6. The number of carboxylic acid groups (broad SMARTS) is 1. The van der Waals surface area contributed by atoms with Crippen molar-refractivity contribution in [1.82, 2.24) is 31.9 Å². The summed E-state index contributed by atoms with van der Waals surface area (Å²) < 4.78 is 0. The molecule has 11 N–H and O–H groups in total. The van der Waals surface area contributed by atoms with Crippen LogP contribution in [0.1, 0.15) is 101 Å². The maximum Gasteiger partial charge on any atom is 0.326 e. The van der Waals surface area contributed by atoms with E-state index in [4.69, 9.17) is 11.5 Å². The highest BCUT2D eigenvalue weighted by molar-refractivity contribution is 5.96. The van der Waals surface area contributed by atoms with E-state index in [1.54, 1.807) is 68.4 Å². The SMILES string of the molecule is CC(C)C[C@H](NC(=O)[C@H](CCCCN)NC(=O)CC[C@H](Cc1ccccc1)NC(=O)CC[C@@H](N)Cc1ccccc1)C(=O)N[C@H](C(=O)N[C@@H](Cc1ccccc1)C(=O)N[C@@H](Cc1ccccc1)C(=O)O)C(C)C. The number of carbonyl (C=O) groups is 7. The van der Waals surface area contributed by atoms with Crippen LogP contribution in [0.15, 0.2) is 121 Å². The molecule has 7 atom stereocenters. The molecule has 394 valence electrons. The topological polar surface area (TPSA) is 264 Å². The van der Waals surface area contributed by atoms with Crippen LogP contribution in [-0.4, -0.2) is 95.4 Å². The van der Waals surface area contributed by atoms with Crippen LogP contribution in [0, 0.1) is 11.8 Å². The highest BCUT2D eigenvalue weighted by Crippen LogP contribution is 2.15. The Morgan fingerprint density at radius 2 is 0.904 bits per heavy atom. The number of carbonyl (C=O) groups excluding carboxylic acids is 6. The highest BCUT2D eigenvalue weighted by Gasteiger charge is 2.34. The third kappa shape index (κ3) is 22.2. The maximum absolute atomic E-state index is 14.2. The van der Waals surface area contributed by atoms with Gasteiger partial charge < -0.3 is 48.5 Å². The van der Waals surface area contributed by atoms with Gasteiger partial charge in [-0.25, -0.2) is 4.79 Å². The van der Waals surface area contributed by atoms with Crippen molar-refractivity contribution in [3.05, 3.63) is 144 Å². The molecule has 0 aliphatic heterocycles. The number of rotatable bonds is 32. The van der Waals surface area contributed by atoms with Gasteiger partial charge in [0, 0.05) is 37.8 Å². The molecule has 73 heavy (non-hydrogen) atoms. The maximum atomic E-state index is 14.2. The molecule has 4 aromatic rings. The minimum Gasteiger partial charge on any atom is -0.480 e. The first kappa shape index (κ1) is 58.7. The smallest absolute Gasteiger partial charge is 0.326 e. The minimum atomic E-state index is -1.29. The van der Waals surface area contributed by atoms with Crippen molar-refractivity contribution in [2.24, 2.45) is 23.3 Å². The molecule has 16 nitrogen and oxygen atoms in total. The monoisotopic (exact) mass is 1000 g/mol. The Hall–Kier alpha value is -6.91. The molecule has 0 unspecified atom stereocenters. The van der Waals surface area contributed by atoms with Crippen molar-refractivity contribution < 1.29 is 38.7 Å². The van der Waals surface area contributed by atoms with Crippen molar-refractivity contribution >= 4 is 41.4 Å². The first-order chi connectivity index (χ1) is 35.0. The average Bonchev–Trinajstić information content (AvgIpc) is 3.36. The van der Waals surface area contributed by atoms with Crippen molar-refractivity contribution in [1.29, 1.82) is 0 Å². The van der Waals surface area contributed by atoms with Crippen LogP contribution in [0.25, 0.3) is 0 Å². The molecule has 0 heterocycles. The van der Waals surface area contributed by atoms with Gasteiger partial charge in [-0.05, 0) is 92.0 Å². The van der Waals surface area contributed by atoms with E-state index in [-0.39, 0.29) is 62.4 Å². The van der Waals surface area contributed by atoms with Gasteiger partial charge in [-0.15, -0.1) is 0 Å². The summed E-state index contributed by atoms with van der Waals surface area (Å²) in [6.45, 7) is 7.61. The summed E-state index contributed by atoms with van der Waals surface area (Å²) in [5.74, 6) is -5.00. The van der Waals surface area contributed by atoms with Gasteiger partial charge in [-0.2, -0.15) is 0 Å². The summed E-state index contributed by atoms with van der Waals surface area (Å²) in [6, 6.07) is 30.9. The van der Waals surface area contributed by atoms with E-state index >= 15 is 0 Å². The zero-order valence-corrected chi connectivity index (χ0v) is 42.9. The third-order valence-electron chi connectivity index (χ3n) is 12.5. The standard InChI is InChI=1S/C57H78N8O8/c1-38(2)33-47(55(70)65-52(39(3)4)56(71)63-48(36-42-23-13-7-14-24-42)54(69)64-49(57(72)73)37-43-25-15-8-16-26-43)62-53(68)46(27-17-18-32-58)61-51(67)31-29-45(35-41-21-11-6-12-22-41)60-50(66)30-28-44(59)34-40-19-9-5-10-20-40/h5-16,19-26,38-39,44-49,52H,17-18,27-37,58-59H2,1-4H3,(H,60,66)(H,61,67)(H,62,68)(H,63,71)(H,64,69)(H,65,70)(H,72,73)/t44-,45-,46+,47+,48+,49+,52+/m1/s1. The lowest BCUT2D eigenvalue weighted by molar-refractivity contribution is -0.142. The summed E-state index contributed by atoms with van der Waals surface area (Å²) >= 11 is 0. The normalized spacial score (nSPS) is 14.1. The van der Waals surface area contributed by atoms with Crippen molar-refractivity contribution in [2.45, 2.75) is 147 Å². The van der Waals surface area contributed by atoms with E-state index in [1.165, 1.54) is 0 Å². The molecular formula is C57H78N8O8. The van der Waals surface area contributed by atoms with Gasteiger partial charge in [-0.1, -0.05) is 149 Å². The number of carboxylic acids is 1. The molecule has 0 fully saturated rings. The first-order valence-corrected chi connectivity index (χ1v) is 25.7. The van der Waals surface area contributed by atoms with Crippen LogP contribution < -0.4 is 43.4 Å². The molecule has 16 heteroatoms. The first-order valence-electron chi connectivity index (χ1n) is 25.7. The van der Waals surface area contributed by atoms with Crippen LogP contribution in [0.2, 0.25) is 0 Å². The highest BCUT2D eigenvalue weighted by atomic mass is 16.4. The number of hydrogen-bond donors (Lipinski definition) is 9. The van der Waals surface area contributed by atoms with E-state index in [0.717, 1.165) is 11.1 Å². The predicted octanol–water partition coefficient (Wildman–Crippen LogP) is 4.67. The number of nitrogens with one attached hydrogen (secondary N) is 6. The van der Waals surface area contributed by atoms with E-state index in [9.17, 15) is 38.7 Å². The number of hydrogen-bond acceptors (Lipinski definition) is 9. The molecule has 0 aromatic heterocycles. The van der Waals surface area contributed by atoms with E-state index in [0.29, 0.717) is 56.2 Å². The van der Waals surface area contributed by atoms with Gasteiger partial charge in [0.1, 0.15) is 30.2 Å². The molecule has 6 amide bonds. The fourth-order valence-corrected chi connectivity index (χ4v) is 8.50. The zero-order valence-electron chi connectivity index (χ0n) is 42.9. The van der Waals surface area contributed by atoms with Crippen molar-refractivity contribution in [2.75, 3.05) is 6.54 Å². The van der Waals surface area contributed by atoms with Gasteiger partial charge in [0.15, 0.2) is 0 Å². The molecule has 4 aromatic carbocycles. The summed E-state index contributed by atoms with van der Waals surface area (Å²) in [6.07, 6.45) is 3.72. The average molecular weight is 1000 g/mol. The molecule has 4 rings (SSSR count). The molecule has 0 aliphatic carbocycles. The molecule has 0 saturated heterocycles. The Kier molecular flexibility index (Phi) is 25.3. The van der Waals surface area contributed by atoms with Gasteiger partial charge >= 0.3 is 5.97 Å². The quantitative estimate of drug-likeness (QED) is 0.0306. The van der Waals surface area contributed by atoms with Crippen molar-refractivity contribution in [3.63, 3.8) is 0 Å². The summed E-state index contributed by atoms with van der Waals surface area (Å²) in [5.41, 5.74) is 15.7. The van der Waals surface area contributed by atoms with Crippen molar-refractivity contribution in [3.8, 4) is 0 Å². The molecular weight excluding hydrogens is 925 g/mol. The number of aliphatic carboxylic acids is 1. The second kappa shape index (κ2) is 31.5. The molecule has 0 bridgehead atoms. The molecule has 0 spiro atoms. The Morgan fingerprint density at radius 3 is 1.41 bits per heavy atom. The number of nitrogens with two attached hydrogens (primary N) is 2. The van der Waals surface area contributed by atoms with E-state index in [2.05, 4.69) is 31.9 Å². The van der Waals surface area contributed by atoms with E-state index < -0.39 is 71.6 Å². The van der Waals surface area contributed by atoms with Crippen LogP contribution in [-0.2, 0) is 59.2 Å². The Balaban J connectivity index is 1.44. The Bertz CT molecular complexity index is 2320. The van der Waals surface area contributed by atoms with Gasteiger partial charge in [0.2, 0.25) is 35.4 Å². The largest absolute Gasteiger partial charge is 0.480 e. The number of amides is 6. The summed E-state index contributed by atoms with van der Waals surface area (Å²) in [4.78, 5) is 95.8. The molecule has 0 radical (unpaired) electrons. The lowest BCUT2D eigenvalue weighted by Crippen LogP contribution is -2.60. The van der Waals surface area contributed by atoms with Gasteiger partial charge in [0.25, 0.3) is 0 Å². The number of unbranched alkanes of at least 4 members (excludes halogenated alkanes) is 1. The molecule has 0 saturated carbocycles. The van der Waals surface area contributed by atoms with E-state index in [1.807, 2.05) is 80.6 Å². The zero-order chi connectivity index (χ0) is 53.1. The lowest BCUT2D eigenvalue weighted by Gasteiger charge is -2.29.